The van der Waals surface area contributed by atoms with Crippen molar-refractivity contribution in [2.75, 3.05) is 7.05 Å². The van der Waals surface area contributed by atoms with Gasteiger partial charge >= 0.3 is 0 Å². The second-order valence-electron chi connectivity index (χ2n) is 5.78. The van der Waals surface area contributed by atoms with Crippen LogP contribution < -0.4 is 0 Å². The number of aromatic nitrogens is 1. The quantitative estimate of drug-likeness (QED) is 0.776. The van der Waals surface area contributed by atoms with Crippen LogP contribution in [0, 0.1) is 0 Å². The molecule has 2 unspecified atom stereocenters. The summed E-state index contributed by atoms with van der Waals surface area (Å²) >= 11 is 1.67. The van der Waals surface area contributed by atoms with Gasteiger partial charge in [0.25, 0.3) is 0 Å². The largest absolute Gasteiger partial charge is 0.300 e. The minimum absolute atomic E-state index is 0.690. The van der Waals surface area contributed by atoms with E-state index < -0.39 is 0 Å². The smallest absolute Gasteiger partial charge is 0.0652 e. The van der Waals surface area contributed by atoms with E-state index >= 15 is 0 Å². The van der Waals surface area contributed by atoms with Gasteiger partial charge in [-0.05, 0) is 50.3 Å². The maximum atomic E-state index is 4.76. The number of piperidine rings is 1. The first-order valence-corrected chi connectivity index (χ1v) is 7.66. The van der Waals surface area contributed by atoms with E-state index in [1.807, 2.05) is 0 Å². The molecule has 1 aromatic heterocycles. The lowest BCUT2D eigenvalue weighted by Crippen LogP contribution is -2.39. The van der Waals surface area contributed by atoms with Gasteiger partial charge in [0.05, 0.1) is 10.4 Å². The van der Waals surface area contributed by atoms with Crippen molar-refractivity contribution < 1.29 is 0 Å². The summed E-state index contributed by atoms with van der Waals surface area (Å²) in [6, 6.07) is 10.3. The van der Waals surface area contributed by atoms with Crippen LogP contribution in [0.15, 0.2) is 24.3 Å². The van der Waals surface area contributed by atoms with Gasteiger partial charge in [-0.1, -0.05) is 18.2 Å². The second-order valence-corrected chi connectivity index (χ2v) is 6.59. The highest BCUT2D eigenvalue weighted by atomic mass is 32.1. The molecule has 3 heterocycles. The zero-order chi connectivity index (χ0) is 12.1. The zero-order valence-electron chi connectivity index (χ0n) is 10.7. The van der Waals surface area contributed by atoms with Gasteiger partial charge in [-0.2, -0.15) is 4.37 Å². The Balaban J connectivity index is 1.72. The third-order valence-electron chi connectivity index (χ3n) is 4.89. The number of nitrogens with zero attached hydrogens (tertiary/aromatic N) is 2. The molecule has 0 aliphatic carbocycles. The van der Waals surface area contributed by atoms with Gasteiger partial charge in [0, 0.05) is 23.4 Å². The maximum absolute atomic E-state index is 4.76. The van der Waals surface area contributed by atoms with Gasteiger partial charge < -0.3 is 4.90 Å². The van der Waals surface area contributed by atoms with Crippen LogP contribution in [0.2, 0.25) is 0 Å². The predicted molar refractivity (Wildman–Crippen MR) is 76.2 cm³/mol. The van der Waals surface area contributed by atoms with Crippen molar-refractivity contribution in [3.63, 3.8) is 0 Å². The fourth-order valence-electron chi connectivity index (χ4n) is 3.83. The molecule has 2 atom stereocenters. The van der Waals surface area contributed by atoms with Gasteiger partial charge in [0.15, 0.2) is 0 Å². The maximum Gasteiger partial charge on any atom is 0.0652 e. The van der Waals surface area contributed by atoms with Gasteiger partial charge in [0.2, 0.25) is 0 Å². The highest BCUT2D eigenvalue weighted by molar-refractivity contribution is 7.13. The second kappa shape index (κ2) is 4.04. The monoisotopic (exact) mass is 258 g/mol. The van der Waals surface area contributed by atoms with E-state index in [2.05, 4.69) is 36.2 Å². The molecule has 0 spiro atoms. The van der Waals surface area contributed by atoms with E-state index in [1.54, 1.807) is 11.5 Å². The van der Waals surface area contributed by atoms with E-state index in [0.717, 1.165) is 12.1 Å². The number of benzene rings is 1. The van der Waals surface area contributed by atoms with Gasteiger partial charge in [-0.3, -0.25) is 0 Å². The van der Waals surface area contributed by atoms with Crippen molar-refractivity contribution in [2.45, 2.75) is 43.7 Å². The fourth-order valence-corrected chi connectivity index (χ4v) is 4.69. The lowest BCUT2D eigenvalue weighted by molar-refractivity contribution is 0.161. The molecule has 0 saturated carbocycles. The standard InChI is InChI=1S/C15H18N2S/c1-17-11-6-7-12(17)9-10(8-11)15-13-4-2-3-5-14(13)18-16-15/h2-5,10-12H,6-9H2,1H3. The Morgan fingerprint density at radius 2 is 1.89 bits per heavy atom. The molecule has 2 aliphatic heterocycles. The number of rotatable bonds is 1. The predicted octanol–water partition coefficient (Wildman–Crippen LogP) is 3.64. The molecule has 94 valence electrons. The van der Waals surface area contributed by atoms with Crippen molar-refractivity contribution in [3.05, 3.63) is 30.0 Å². The fraction of sp³-hybridized carbons (Fsp3) is 0.533. The van der Waals surface area contributed by atoms with Crippen LogP contribution >= 0.6 is 11.5 Å². The first kappa shape index (κ1) is 10.9. The molecule has 18 heavy (non-hydrogen) atoms. The summed E-state index contributed by atoms with van der Waals surface area (Å²) in [4.78, 5) is 2.60. The highest BCUT2D eigenvalue weighted by Gasteiger charge is 2.39. The molecular formula is C15H18N2S. The van der Waals surface area contributed by atoms with Crippen molar-refractivity contribution in [1.29, 1.82) is 0 Å². The number of fused-ring (bicyclic) bond motifs is 3. The molecule has 2 bridgehead atoms. The lowest BCUT2D eigenvalue weighted by Gasteiger charge is -2.35. The molecule has 2 nitrogen and oxygen atoms in total. The molecule has 0 N–H and O–H groups in total. The van der Waals surface area contributed by atoms with E-state index in [1.165, 1.54) is 41.5 Å². The Bertz CT molecular complexity index is 563. The van der Waals surface area contributed by atoms with Crippen LogP contribution in [-0.4, -0.2) is 28.4 Å². The molecule has 1 aromatic carbocycles. The molecule has 2 aliphatic rings. The van der Waals surface area contributed by atoms with Crippen molar-refractivity contribution in [2.24, 2.45) is 0 Å². The van der Waals surface area contributed by atoms with Crippen LogP contribution in [0.1, 0.15) is 37.3 Å². The van der Waals surface area contributed by atoms with Crippen molar-refractivity contribution in [1.82, 2.24) is 9.27 Å². The third kappa shape index (κ3) is 1.54. The lowest BCUT2D eigenvalue weighted by atomic mass is 9.87. The van der Waals surface area contributed by atoms with Crippen LogP contribution in [-0.2, 0) is 0 Å². The molecule has 2 fully saturated rings. The summed E-state index contributed by atoms with van der Waals surface area (Å²) in [6.45, 7) is 0. The number of hydrogen-bond donors (Lipinski definition) is 0. The van der Waals surface area contributed by atoms with Crippen LogP contribution in [0.5, 0.6) is 0 Å². The average molecular weight is 258 g/mol. The minimum atomic E-state index is 0.690. The molecule has 0 radical (unpaired) electrons. The molecule has 3 heteroatoms. The highest BCUT2D eigenvalue weighted by Crippen LogP contribution is 2.43. The summed E-state index contributed by atoms with van der Waals surface area (Å²) < 4.78 is 6.11. The van der Waals surface area contributed by atoms with Crippen molar-refractivity contribution in [3.8, 4) is 0 Å². The Labute approximate surface area is 112 Å². The van der Waals surface area contributed by atoms with E-state index in [-0.39, 0.29) is 0 Å². The van der Waals surface area contributed by atoms with Crippen LogP contribution in [0.25, 0.3) is 10.1 Å². The van der Waals surface area contributed by atoms with Crippen molar-refractivity contribution >= 4 is 21.6 Å². The number of hydrogen-bond acceptors (Lipinski definition) is 3. The first-order valence-electron chi connectivity index (χ1n) is 6.89. The average Bonchev–Trinajstić information content (AvgIpc) is 2.88. The SMILES string of the molecule is CN1C2CCC1CC(c1nsc3ccccc13)C2. The van der Waals surface area contributed by atoms with E-state index in [9.17, 15) is 0 Å². The van der Waals surface area contributed by atoms with Gasteiger partial charge in [-0.25, -0.2) is 0 Å². The Morgan fingerprint density at radius 1 is 1.17 bits per heavy atom. The van der Waals surface area contributed by atoms with Crippen LogP contribution in [0.3, 0.4) is 0 Å². The summed E-state index contributed by atoms with van der Waals surface area (Å²) in [5.74, 6) is 0.690. The van der Waals surface area contributed by atoms with Crippen LogP contribution in [0.4, 0.5) is 0 Å². The first-order chi connectivity index (χ1) is 8.83. The topological polar surface area (TPSA) is 16.1 Å². The minimum Gasteiger partial charge on any atom is -0.300 e. The molecular weight excluding hydrogens is 240 g/mol. The molecule has 4 rings (SSSR count). The van der Waals surface area contributed by atoms with Gasteiger partial charge in [-0.15, -0.1) is 0 Å². The Hall–Kier alpha value is -0.930. The summed E-state index contributed by atoms with van der Waals surface area (Å²) in [6.07, 6.45) is 5.39. The van der Waals surface area contributed by atoms with Gasteiger partial charge in [0.1, 0.15) is 0 Å². The van der Waals surface area contributed by atoms with E-state index in [4.69, 9.17) is 4.37 Å². The van der Waals surface area contributed by atoms with E-state index in [0.29, 0.717) is 5.92 Å². The zero-order valence-corrected chi connectivity index (χ0v) is 11.5. The molecule has 0 amide bonds. The molecule has 2 aromatic rings. The Morgan fingerprint density at radius 3 is 2.67 bits per heavy atom. The summed E-state index contributed by atoms with van der Waals surface area (Å²) in [7, 11) is 2.30. The summed E-state index contributed by atoms with van der Waals surface area (Å²) in [5, 5.41) is 1.40. The third-order valence-corrected chi connectivity index (χ3v) is 5.73. The summed E-state index contributed by atoms with van der Waals surface area (Å²) in [5.41, 5.74) is 1.38. The normalized spacial score (nSPS) is 32.2. The Kier molecular flexibility index (Phi) is 2.45. The molecule has 2 saturated heterocycles.